The Morgan fingerprint density at radius 2 is 1.48 bits per heavy atom. The number of sulfonamides is 1. The Labute approximate surface area is 182 Å². The summed E-state index contributed by atoms with van der Waals surface area (Å²) >= 11 is 3.37. The largest absolute Gasteiger partial charge is 0.351 e. The maximum absolute atomic E-state index is 13.4. The number of halogens is 1. The van der Waals surface area contributed by atoms with Gasteiger partial charge in [-0.3, -0.25) is 9.10 Å². The zero-order valence-corrected chi connectivity index (χ0v) is 19.9. The van der Waals surface area contributed by atoms with E-state index in [0.29, 0.717) is 5.69 Å². The highest BCUT2D eigenvalue weighted by molar-refractivity contribution is 9.10. The number of benzene rings is 2. The minimum atomic E-state index is -3.90. The third-order valence-corrected chi connectivity index (χ3v) is 7.09. The molecule has 7 heteroatoms. The molecular weight excluding hydrogens is 452 g/mol. The summed E-state index contributed by atoms with van der Waals surface area (Å²) in [6.45, 7) is 9.78. The molecule has 0 saturated heterocycles. The lowest BCUT2D eigenvalue weighted by Gasteiger charge is -2.29. The molecule has 0 aliphatic rings. The van der Waals surface area contributed by atoms with E-state index < -0.39 is 10.0 Å². The van der Waals surface area contributed by atoms with E-state index in [0.717, 1.165) is 14.3 Å². The maximum atomic E-state index is 13.4. The van der Waals surface area contributed by atoms with Crippen LogP contribution in [0.1, 0.15) is 33.3 Å². The molecule has 0 aromatic heterocycles. The molecule has 0 aliphatic carbocycles. The number of carbonyl (C=O) groups is 1. The van der Waals surface area contributed by atoms with Crippen molar-refractivity contribution in [3.8, 4) is 0 Å². The SMILES string of the molecule is Cc1ccc(S(=O)(=O)N(CC(=O)NC(C(C)C)C(C)C)c2ccc(Br)cc2)cc1. The molecule has 0 unspecified atom stereocenters. The van der Waals surface area contributed by atoms with Crippen molar-refractivity contribution in [3.05, 3.63) is 58.6 Å². The van der Waals surface area contributed by atoms with Crippen LogP contribution in [0.3, 0.4) is 0 Å². The van der Waals surface area contributed by atoms with Gasteiger partial charge in [-0.15, -0.1) is 0 Å². The van der Waals surface area contributed by atoms with Crippen LogP contribution in [0, 0.1) is 18.8 Å². The second kappa shape index (κ2) is 9.76. The highest BCUT2D eigenvalue weighted by atomic mass is 79.9. The molecule has 29 heavy (non-hydrogen) atoms. The Morgan fingerprint density at radius 3 is 1.97 bits per heavy atom. The molecule has 2 rings (SSSR count). The van der Waals surface area contributed by atoms with Crippen LogP contribution in [0.25, 0.3) is 0 Å². The van der Waals surface area contributed by atoms with Gasteiger partial charge in [0.25, 0.3) is 10.0 Å². The second-order valence-electron chi connectivity index (χ2n) is 7.88. The summed E-state index contributed by atoms with van der Waals surface area (Å²) in [4.78, 5) is 13.0. The van der Waals surface area contributed by atoms with Gasteiger partial charge >= 0.3 is 0 Å². The number of nitrogens with zero attached hydrogens (tertiary/aromatic N) is 1. The van der Waals surface area contributed by atoms with E-state index in [1.165, 1.54) is 0 Å². The first-order valence-corrected chi connectivity index (χ1v) is 11.9. The number of amides is 1. The number of nitrogens with one attached hydrogen (secondary N) is 1. The molecule has 2 aromatic rings. The van der Waals surface area contributed by atoms with Crippen molar-refractivity contribution in [2.75, 3.05) is 10.8 Å². The number of hydrogen-bond donors (Lipinski definition) is 1. The lowest BCUT2D eigenvalue weighted by molar-refractivity contribution is -0.121. The van der Waals surface area contributed by atoms with Crippen LogP contribution in [-0.2, 0) is 14.8 Å². The van der Waals surface area contributed by atoms with Gasteiger partial charge < -0.3 is 5.32 Å². The monoisotopic (exact) mass is 480 g/mol. The Balaban J connectivity index is 2.39. The van der Waals surface area contributed by atoms with Crippen LogP contribution in [0.5, 0.6) is 0 Å². The van der Waals surface area contributed by atoms with Crippen molar-refractivity contribution < 1.29 is 13.2 Å². The lowest BCUT2D eigenvalue weighted by atomic mass is 9.93. The topological polar surface area (TPSA) is 66.5 Å². The molecule has 0 saturated carbocycles. The van der Waals surface area contributed by atoms with Gasteiger partial charge in [0.15, 0.2) is 0 Å². The first-order chi connectivity index (χ1) is 13.5. The summed E-state index contributed by atoms with van der Waals surface area (Å²) in [6, 6.07) is 13.5. The van der Waals surface area contributed by atoms with Crippen molar-refractivity contribution in [1.82, 2.24) is 5.32 Å². The van der Waals surface area contributed by atoms with Gasteiger partial charge in [0.05, 0.1) is 10.6 Å². The Bertz CT molecular complexity index is 916. The van der Waals surface area contributed by atoms with Crippen molar-refractivity contribution in [1.29, 1.82) is 0 Å². The fourth-order valence-corrected chi connectivity index (χ4v) is 4.91. The van der Waals surface area contributed by atoms with Crippen molar-refractivity contribution in [2.24, 2.45) is 11.8 Å². The lowest BCUT2D eigenvalue weighted by Crippen LogP contribution is -2.47. The molecule has 0 spiro atoms. The number of hydrogen-bond acceptors (Lipinski definition) is 3. The Kier molecular flexibility index (Phi) is 7.88. The molecule has 5 nitrogen and oxygen atoms in total. The molecular formula is C22H29BrN2O3S. The number of rotatable bonds is 8. The highest BCUT2D eigenvalue weighted by Gasteiger charge is 2.29. The predicted molar refractivity (Wildman–Crippen MR) is 121 cm³/mol. The number of carbonyl (C=O) groups excluding carboxylic acids is 1. The van der Waals surface area contributed by atoms with Crippen molar-refractivity contribution in [3.63, 3.8) is 0 Å². The summed E-state index contributed by atoms with van der Waals surface area (Å²) in [5.41, 5.74) is 1.41. The highest BCUT2D eigenvalue weighted by Crippen LogP contribution is 2.25. The Hall–Kier alpha value is -1.86. The molecule has 158 valence electrons. The summed E-state index contributed by atoms with van der Waals surface area (Å²) in [5.74, 6) is 0.165. The fraction of sp³-hybridized carbons (Fsp3) is 0.409. The molecule has 0 fully saturated rings. The van der Waals surface area contributed by atoms with Crippen LogP contribution in [0.15, 0.2) is 57.9 Å². The molecule has 0 radical (unpaired) electrons. The first-order valence-electron chi connectivity index (χ1n) is 9.66. The van der Waals surface area contributed by atoms with Crippen LogP contribution in [0.4, 0.5) is 5.69 Å². The van der Waals surface area contributed by atoms with E-state index in [1.54, 1.807) is 48.5 Å². The van der Waals surface area contributed by atoms with Gasteiger partial charge in [0.2, 0.25) is 5.91 Å². The molecule has 0 heterocycles. The molecule has 0 bridgehead atoms. The van der Waals surface area contributed by atoms with Gasteiger partial charge in [-0.25, -0.2) is 8.42 Å². The predicted octanol–water partition coefficient (Wildman–Crippen LogP) is 4.75. The number of anilines is 1. The second-order valence-corrected chi connectivity index (χ2v) is 10.7. The van der Waals surface area contributed by atoms with E-state index >= 15 is 0 Å². The average Bonchev–Trinajstić information content (AvgIpc) is 2.65. The summed E-state index contributed by atoms with van der Waals surface area (Å²) in [5, 5.41) is 3.01. The molecule has 1 N–H and O–H groups in total. The van der Waals surface area contributed by atoms with Crippen LogP contribution < -0.4 is 9.62 Å². The van der Waals surface area contributed by atoms with Crippen LogP contribution in [0.2, 0.25) is 0 Å². The normalized spacial score (nSPS) is 11.9. The van der Waals surface area contributed by atoms with E-state index in [2.05, 4.69) is 21.2 Å². The van der Waals surface area contributed by atoms with Crippen molar-refractivity contribution in [2.45, 2.75) is 45.6 Å². The van der Waals surface area contributed by atoms with Crippen LogP contribution in [-0.4, -0.2) is 26.9 Å². The minimum absolute atomic E-state index is 0.0312. The molecule has 0 atom stereocenters. The van der Waals surface area contributed by atoms with Gasteiger partial charge in [-0.05, 0) is 55.2 Å². The maximum Gasteiger partial charge on any atom is 0.264 e. The zero-order valence-electron chi connectivity index (χ0n) is 17.5. The standard InChI is InChI=1S/C22H29BrN2O3S/c1-15(2)22(16(3)4)24-21(26)14-25(19-10-8-18(23)9-11-19)29(27,28)20-12-6-17(5)7-13-20/h6-13,15-16,22H,14H2,1-5H3,(H,24,26). The first kappa shape index (κ1) is 23.4. The summed E-state index contributed by atoms with van der Waals surface area (Å²) in [6.07, 6.45) is 0. The third-order valence-electron chi connectivity index (χ3n) is 4.77. The fourth-order valence-electron chi connectivity index (χ4n) is 3.22. The minimum Gasteiger partial charge on any atom is -0.351 e. The Morgan fingerprint density at radius 1 is 0.966 bits per heavy atom. The van der Waals surface area contributed by atoms with Gasteiger partial charge in [0, 0.05) is 10.5 Å². The third kappa shape index (κ3) is 6.06. The van der Waals surface area contributed by atoms with E-state index in [1.807, 2.05) is 34.6 Å². The van der Waals surface area contributed by atoms with E-state index in [-0.39, 0.29) is 35.2 Å². The smallest absolute Gasteiger partial charge is 0.264 e. The zero-order chi connectivity index (χ0) is 21.8. The van der Waals surface area contributed by atoms with Crippen LogP contribution >= 0.6 is 15.9 Å². The molecule has 2 aromatic carbocycles. The van der Waals surface area contributed by atoms with E-state index in [4.69, 9.17) is 0 Å². The average molecular weight is 481 g/mol. The van der Waals surface area contributed by atoms with Crippen molar-refractivity contribution >= 4 is 37.5 Å². The molecule has 1 amide bonds. The quantitative estimate of drug-likeness (QED) is 0.592. The summed E-state index contributed by atoms with van der Waals surface area (Å²) < 4.78 is 28.7. The number of aryl methyl sites for hydroxylation is 1. The van der Waals surface area contributed by atoms with Gasteiger partial charge in [-0.2, -0.15) is 0 Å². The van der Waals surface area contributed by atoms with Gasteiger partial charge in [-0.1, -0.05) is 61.3 Å². The van der Waals surface area contributed by atoms with E-state index in [9.17, 15) is 13.2 Å². The summed E-state index contributed by atoms with van der Waals surface area (Å²) in [7, 11) is -3.90. The molecule has 0 aliphatic heterocycles. The van der Waals surface area contributed by atoms with Gasteiger partial charge in [0.1, 0.15) is 6.54 Å².